The highest BCUT2D eigenvalue weighted by Gasteiger charge is 2.45. The highest BCUT2D eigenvalue weighted by Crippen LogP contribution is 2.48. The first-order chi connectivity index (χ1) is 14.1. The van der Waals surface area contributed by atoms with Gasteiger partial charge < -0.3 is 10.1 Å². The van der Waals surface area contributed by atoms with E-state index in [1.807, 2.05) is 36.4 Å². The fraction of sp³-hybridized carbons (Fsp3) is 0.250. The van der Waals surface area contributed by atoms with E-state index in [4.69, 9.17) is 4.74 Å². The molecule has 1 saturated carbocycles. The van der Waals surface area contributed by atoms with E-state index in [2.05, 4.69) is 10.3 Å². The van der Waals surface area contributed by atoms with Gasteiger partial charge in [-0.05, 0) is 55.7 Å². The van der Waals surface area contributed by atoms with Crippen molar-refractivity contribution >= 4 is 22.9 Å². The lowest BCUT2D eigenvalue weighted by Gasteiger charge is -2.48. The van der Waals surface area contributed by atoms with E-state index in [-0.39, 0.29) is 23.4 Å². The van der Waals surface area contributed by atoms with Crippen molar-refractivity contribution in [1.82, 2.24) is 10.3 Å². The van der Waals surface area contributed by atoms with Crippen molar-refractivity contribution in [2.75, 3.05) is 0 Å². The van der Waals surface area contributed by atoms with Crippen LogP contribution in [0.3, 0.4) is 0 Å². The molecular formula is C24H21FN2O2. The van der Waals surface area contributed by atoms with Crippen LogP contribution in [0.25, 0.3) is 17.0 Å². The Morgan fingerprint density at radius 3 is 2.86 bits per heavy atom. The van der Waals surface area contributed by atoms with Crippen molar-refractivity contribution in [2.45, 2.75) is 37.3 Å². The van der Waals surface area contributed by atoms with Crippen molar-refractivity contribution in [1.29, 1.82) is 0 Å². The molecule has 1 atom stereocenters. The number of nitrogens with zero attached hydrogens (tertiary/aromatic N) is 1. The Hall–Kier alpha value is -3.21. The summed E-state index contributed by atoms with van der Waals surface area (Å²) in [5, 5.41) is 4.09. The standard InChI is InChI=1S/C24H21FN2O2/c25-17-7-10-22-19(14-17)21(15-24(29-22)12-3-13-24)27-23(28)11-9-18-8-6-16-4-1-2-5-20(16)26-18/h1-2,4-11,14,21H,3,12-13,15H2,(H,27,28)/b11-9+. The number of halogens is 1. The third kappa shape index (κ3) is 3.48. The number of carbonyl (C=O) groups excluding carboxylic acids is 1. The molecule has 29 heavy (non-hydrogen) atoms. The number of carbonyl (C=O) groups is 1. The van der Waals surface area contributed by atoms with Gasteiger partial charge >= 0.3 is 0 Å². The summed E-state index contributed by atoms with van der Waals surface area (Å²) < 4.78 is 19.9. The van der Waals surface area contributed by atoms with E-state index in [1.165, 1.54) is 18.2 Å². The molecule has 3 aromatic rings. The van der Waals surface area contributed by atoms with E-state index in [0.29, 0.717) is 23.4 Å². The van der Waals surface area contributed by atoms with Crippen LogP contribution in [0.1, 0.15) is 43.0 Å². The summed E-state index contributed by atoms with van der Waals surface area (Å²) in [7, 11) is 0. The maximum absolute atomic E-state index is 13.8. The predicted octanol–water partition coefficient (Wildman–Crippen LogP) is 4.95. The maximum atomic E-state index is 13.8. The number of pyridine rings is 1. The Morgan fingerprint density at radius 1 is 1.17 bits per heavy atom. The van der Waals surface area contributed by atoms with Gasteiger partial charge in [0.15, 0.2) is 0 Å². The van der Waals surface area contributed by atoms with Gasteiger partial charge in [-0.25, -0.2) is 9.37 Å². The summed E-state index contributed by atoms with van der Waals surface area (Å²) in [6.45, 7) is 0. The van der Waals surface area contributed by atoms with Gasteiger partial charge in [0, 0.05) is 23.4 Å². The molecule has 1 N–H and O–H groups in total. The molecule has 2 aromatic carbocycles. The summed E-state index contributed by atoms with van der Waals surface area (Å²) in [6.07, 6.45) is 6.90. The van der Waals surface area contributed by atoms with Crippen LogP contribution in [0.4, 0.5) is 4.39 Å². The Labute approximate surface area is 168 Å². The molecule has 4 nitrogen and oxygen atoms in total. The van der Waals surface area contributed by atoms with Gasteiger partial charge in [-0.2, -0.15) is 0 Å². The summed E-state index contributed by atoms with van der Waals surface area (Å²) in [6, 6.07) is 16.0. The van der Waals surface area contributed by atoms with Crippen molar-refractivity contribution in [3.05, 3.63) is 77.7 Å². The number of hydrogen-bond donors (Lipinski definition) is 1. The topological polar surface area (TPSA) is 51.2 Å². The van der Waals surface area contributed by atoms with E-state index in [0.717, 1.165) is 30.2 Å². The number of para-hydroxylation sites is 1. The van der Waals surface area contributed by atoms with Gasteiger partial charge in [-0.15, -0.1) is 0 Å². The van der Waals surface area contributed by atoms with E-state index in [9.17, 15) is 9.18 Å². The molecule has 1 aliphatic carbocycles. The number of amides is 1. The molecule has 0 radical (unpaired) electrons. The second-order valence-electron chi connectivity index (χ2n) is 7.85. The lowest BCUT2D eigenvalue weighted by Crippen LogP contribution is -2.49. The third-order valence-electron chi connectivity index (χ3n) is 5.86. The number of rotatable bonds is 3. The number of aromatic nitrogens is 1. The molecule has 1 amide bonds. The quantitative estimate of drug-likeness (QED) is 0.646. The highest BCUT2D eigenvalue weighted by atomic mass is 19.1. The fourth-order valence-electron chi connectivity index (χ4n) is 4.20. The van der Waals surface area contributed by atoms with Crippen LogP contribution in [0.5, 0.6) is 5.75 Å². The first-order valence-corrected chi connectivity index (χ1v) is 9.93. The van der Waals surface area contributed by atoms with Crippen LogP contribution in [0.2, 0.25) is 0 Å². The number of nitrogens with one attached hydrogen (secondary N) is 1. The molecule has 1 aromatic heterocycles. The zero-order valence-electron chi connectivity index (χ0n) is 15.9. The van der Waals surface area contributed by atoms with Crippen LogP contribution in [0.15, 0.2) is 60.7 Å². The minimum atomic E-state index is -0.327. The molecule has 5 heteroatoms. The Balaban J connectivity index is 1.35. The lowest BCUT2D eigenvalue weighted by atomic mass is 9.73. The Kier molecular flexibility index (Phi) is 4.31. The van der Waals surface area contributed by atoms with Gasteiger partial charge in [0.25, 0.3) is 0 Å². The van der Waals surface area contributed by atoms with Crippen LogP contribution in [-0.2, 0) is 4.79 Å². The van der Waals surface area contributed by atoms with Crippen LogP contribution in [0, 0.1) is 5.82 Å². The molecule has 1 aliphatic heterocycles. The SMILES string of the molecule is O=C(/C=C/c1ccc2ccccc2n1)NC1CC2(CCC2)Oc2ccc(F)cc21. The van der Waals surface area contributed by atoms with Gasteiger partial charge in [0.2, 0.25) is 5.91 Å². The first-order valence-electron chi connectivity index (χ1n) is 9.93. The molecular weight excluding hydrogens is 367 g/mol. The Morgan fingerprint density at radius 2 is 2.03 bits per heavy atom. The molecule has 1 unspecified atom stereocenters. The fourth-order valence-corrected chi connectivity index (χ4v) is 4.20. The maximum Gasteiger partial charge on any atom is 0.244 e. The smallest absolute Gasteiger partial charge is 0.244 e. The number of benzene rings is 2. The molecule has 2 heterocycles. The lowest BCUT2D eigenvalue weighted by molar-refractivity contribution is -0.118. The van der Waals surface area contributed by atoms with Gasteiger partial charge in [0.05, 0.1) is 17.3 Å². The van der Waals surface area contributed by atoms with Crippen LogP contribution < -0.4 is 10.1 Å². The second kappa shape index (κ2) is 6.99. The highest BCUT2D eigenvalue weighted by molar-refractivity contribution is 5.92. The predicted molar refractivity (Wildman–Crippen MR) is 110 cm³/mol. The number of fused-ring (bicyclic) bond motifs is 2. The van der Waals surface area contributed by atoms with Gasteiger partial charge in [-0.3, -0.25) is 4.79 Å². The van der Waals surface area contributed by atoms with Crippen molar-refractivity contribution in [3.63, 3.8) is 0 Å². The monoisotopic (exact) mass is 388 g/mol. The first kappa shape index (κ1) is 17.9. The summed E-state index contributed by atoms with van der Waals surface area (Å²) in [4.78, 5) is 17.2. The summed E-state index contributed by atoms with van der Waals surface area (Å²) >= 11 is 0. The van der Waals surface area contributed by atoms with Crippen LogP contribution >= 0.6 is 0 Å². The summed E-state index contributed by atoms with van der Waals surface area (Å²) in [5.74, 6) is 0.117. The van der Waals surface area contributed by atoms with E-state index >= 15 is 0 Å². The third-order valence-corrected chi connectivity index (χ3v) is 5.86. The van der Waals surface area contributed by atoms with Crippen molar-refractivity contribution in [2.24, 2.45) is 0 Å². The molecule has 1 spiro atoms. The average molecular weight is 388 g/mol. The summed E-state index contributed by atoms with van der Waals surface area (Å²) in [5.41, 5.74) is 2.07. The minimum absolute atomic E-state index is 0.225. The average Bonchev–Trinajstić information content (AvgIpc) is 2.71. The number of ether oxygens (including phenoxy) is 1. The normalized spacial score (nSPS) is 19.6. The Bertz CT molecular complexity index is 1120. The van der Waals surface area contributed by atoms with Gasteiger partial charge in [0.1, 0.15) is 17.2 Å². The minimum Gasteiger partial charge on any atom is -0.487 e. The number of hydrogen-bond acceptors (Lipinski definition) is 3. The zero-order chi connectivity index (χ0) is 19.8. The molecule has 146 valence electrons. The van der Waals surface area contributed by atoms with E-state index < -0.39 is 0 Å². The molecule has 0 saturated heterocycles. The van der Waals surface area contributed by atoms with Gasteiger partial charge in [-0.1, -0.05) is 24.3 Å². The van der Waals surface area contributed by atoms with Crippen LogP contribution in [-0.4, -0.2) is 16.5 Å². The molecule has 0 bridgehead atoms. The molecule has 2 aliphatic rings. The van der Waals surface area contributed by atoms with Crippen molar-refractivity contribution in [3.8, 4) is 5.75 Å². The molecule has 1 fully saturated rings. The second-order valence-corrected chi connectivity index (χ2v) is 7.85. The molecule has 5 rings (SSSR count). The zero-order valence-corrected chi connectivity index (χ0v) is 15.9. The van der Waals surface area contributed by atoms with E-state index in [1.54, 1.807) is 12.1 Å². The van der Waals surface area contributed by atoms with Crippen molar-refractivity contribution < 1.29 is 13.9 Å². The largest absolute Gasteiger partial charge is 0.487 e.